The Morgan fingerprint density at radius 2 is 1.65 bits per heavy atom. The van der Waals surface area contributed by atoms with Crippen molar-refractivity contribution in [2.24, 2.45) is 10.1 Å². The van der Waals surface area contributed by atoms with Gasteiger partial charge in [-0.15, -0.1) is 0 Å². The maximum Gasteiger partial charge on any atom is 0.269 e. The van der Waals surface area contributed by atoms with Crippen LogP contribution in [0.5, 0.6) is 0 Å². The van der Waals surface area contributed by atoms with E-state index in [0.29, 0.717) is 22.8 Å². The molecule has 0 aliphatic carbocycles. The van der Waals surface area contributed by atoms with Gasteiger partial charge < -0.3 is 4.42 Å². The highest BCUT2D eigenvalue weighted by molar-refractivity contribution is 7.89. The lowest BCUT2D eigenvalue weighted by Gasteiger charge is -1.98. The number of nitrogens with zero attached hydrogens (tertiary/aromatic N) is 2. The van der Waals surface area contributed by atoms with Crippen LogP contribution >= 0.6 is 0 Å². The molecule has 132 valence electrons. The minimum atomic E-state index is -3.74. The van der Waals surface area contributed by atoms with Gasteiger partial charge in [0.25, 0.3) is 5.69 Å². The second-order valence-corrected chi connectivity index (χ2v) is 6.86. The minimum Gasteiger partial charge on any atom is -0.455 e. The molecule has 0 saturated carbocycles. The van der Waals surface area contributed by atoms with Crippen molar-refractivity contribution in [1.29, 1.82) is 0 Å². The summed E-state index contributed by atoms with van der Waals surface area (Å²) in [5.74, 6) is 1.03. The van der Waals surface area contributed by atoms with E-state index in [-0.39, 0.29) is 10.6 Å². The number of rotatable bonds is 5. The Morgan fingerprint density at radius 3 is 2.23 bits per heavy atom. The molecule has 0 aliphatic heterocycles. The summed E-state index contributed by atoms with van der Waals surface area (Å²) in [6.45, 7) is 0. The lowest BCUT2D eigenvalue weighted by atomic mass is 10.1. The summed E-state index contributed by atoms with van der Waals surface area (Å²) in [5.41, 5.74) is 1.24. The van der Waals surface area contributed by atoms with Crippen molar-refractivity contribution in [3.63, 3.8) is 0 Å². The van der Waals surface area contributed by atoms with E-state index in [4.69, 9.17) is 9.56 Å². The van der Waals surface area contributed by atoms with Gasteiger partial charge in [0.15, 0.2) is 0 Å². The van der Waals surface area contributed by atoms with Crippen molar-refractivity contribution >= 4 is 27.6 Å². The van der Waals surface area contributed by atoms with Gasteiger partial charge in [0.05, 0.1) is 21.7 Å². The number of furan rings is 1. The molecule has 0 amide bonds. The quantitative estimate of drug-likeness (QED) is 0.418. The molecule has 0 unspecified atom stereocenters. The maximum absolute atomic E-state index is 11.2. The molecule has 8 nitrogen and oxygen atoms in total. The number of hydrogen-bond donors (Lipinski definition) is 1. The summed E-state index contributed by atoms with van der Waals surface area (Å²) in [6.07, 6.45) is 1.49. The highest BCUT2D eigenvalue weighted by Gasteiger charge is 2.08. The summed E-state index contributed by atoms with van der Waals surface area (Å²) in [7, 11) is -3.74. The summed E-state index contributed by atoms with van der Waals surface area (Å²) in [4.78, 5) is 14.4. The molecule has 2 aromatic carbocycles. The SMILES string of the molecule is NS(=O)(=O)c1ccc(N=Cc2ccc(-c3ccc([N+](=O)[O-])cc3)o2)cc1. The van der Waals surface area contributed by atoms with Crippen LogP contribution in [0.4, 0.5) is 11.4 Å². The van der Waals surface area contributed by atoms with Crippen molar-refractivity contribution < 1.29 is 17.8 Å². The first kappa shape index (κ1) is 17.5. The molecule has 0 radical (unpaired) electrons. The van der Waals surface area contributed by atoms with Gasteiger partial charge in [0, 0.05) is 17.7 Å². The number of sulfonamides is 1. The summed E-state index contributed by atoms with van der Waals surface area (Å²) in [6, 6.07) is 15.2. The molecule has 26 heavy (non-hydrogen) atoms. The van der Waals surface area contributed by atoms with E-state index < -0.39 is 14.9 Å². The van der Waals surface area contributed by atoms with E-state index >= 15 is 0 Å². The third kappa shape index (κ3) is 4.02. The molecule has 0 atom stereocenters. The lowest BCUT2D eigenvalue weighted by Crippen LogP contribution is -2.11. The van der Waals surface area contributed by atoms with Gasteiger partial charge in [-0.05, 0) is 48.5 Å². The molecular weight excluding hydrogens is 358 g/mol. The topological polar surface area (TPSA) is 129 Å². The molecule has 0 spiro atoms. The van der Waals surface area contributed by atoms with E-state index in [1.807, 2.05) is 0 Å². The van der Waals surface area contributed by atoms with E-state index in [0.717, 1.165) is 0 Å². The average Bonchev–Trinajstić information content (AvgIpc) is 3.08. The number of aliphatic imine (C=N–C) groups is 1. The molecule has 1 heterocycles. The molecule has 3 rings (SSSR count). The Hall–Kier alpha value is -3.30. The fraction of sp³-hybridized carbons (Fsp3) is 0. The van der Waals surface area contributed by atoms with Crippen LogP contribution < -0.4 is 5.14 Å². The predicted molar refractivity (Wildman–Crippen MR) is 95.9 cm³/mol. The zero-order valence-corrected chi connectivity index (χ0v) is 14.1. The van der Waals surface area contributed by atoms with Gasteiger partial charge in [0.1, 0.15) is 11.5 Å². The first-order valence-electron chi connectivity index (χ1n) is 7.34. The lowest BCUT2D eigenvalue weighted by molar-refractivity contribution is -0.384. The number of nitro groups is 1. The molecular formula is C17H13N3O5S. The first-order valence-corrected chi connectivity index (χ1v) is 8.89. The third-order valence-electron chi connectivity index (χ3n) is 3.50. The van der Waals surface area contributed by atoms with Gasteiger partial charge in [-0.25, -0.2) is 13.6 Å². The smallest absolute Gasteiger partial charge is 0.269 e. The molecule has 0 saturated heterocycles. The zero-order chi connectivity index (χ0) is 18.7. The van der Waals surface area contributed by atoms with E-state index in [9.17, 15) is 18.5 Å². The molecule has 3 aromatic rings. The minimum absolute atomic E-state index is 0.00466. The fourth-order valence-corrected chi connectivity index (χ4v) is 2.70. The van der Waals surface area contributed by atoms with Crippen LogP contribution in [-0.4, -0.2) is 19.6 Å². The normalized spacial score (nSPS) is 11.7. The Balaban J connectivity index is 1.75. The van der Waals surface area contributed by atoms with Crippen LogP contribution in [0.2, 0.25) is 0 Å². The van der Waals surface area contributed by atoms with Crippen LogP contribution in [0.25, 0.3) is 11.3 Å². The second kappa shape index (κ2) is 6.90. The van der Waals surface area contributed by atoms with Gasteiger partial charge in [-0.3, -0.25) is 15.1 Å². The molecule has 0 fully saturated rings. The number of nitrogens with two attached hydrogens (primary N) is 1. The van der Waals surface area contributed by atoms with Crippen molar-refractivity contribution in [2.45, 2.75) is 4.90 Å². The van der Waals surface area contributed by atoms with Crippen LogP contribution in [0.1, 0.15) is 5.76 Å². The number of nitro benzene ring substituents is 1. The van der Waals surface area contributed by atoms with Crippen LogP contribution in [-0.2, 0) is 10.0 Å². The second-order valence-electron chi connectivity index (χ2n) is 5.30. The predicted octanol–water partition coefficient (Wildman–Crippen LogP) is 3.25. The van der Waals surface area contributed by atoms with E-state index in [1.54, 1.807) is 24.3 Å². The van der Waals surface area contributed by atoms with E-state index in [1.165, 1.54) is 42.6 Å². The standard InChI is InChI=1S/C17H13N3O5S/c18-26(23,24)16-8-3-13(4-9-16)19-11-15-7-10-17(25-15)12-1-5-14(6-2-12)20(21)22/h1-11H,(H2,18,23,24). The molecule has 9 heteroatoms. The van der Waals surface area contributed by atoms with Crippen molar-refractivity contribution in [1.82, 2.24) is 0 Å². The number of benzene rings is 2. The maximum atomic E-state index is 11.2. The molecule has 2 N–H and O–H groups in total. The summed E-state index contributed by atoms with van der Waals surface area (Å²) in [5, 5.41) is 15.7. The van der Waals surface area contributed by atoms with Gasteiger partial charge in [0.2, 0.25) is 10.0 Å². The highest BCUT2D eigenvalue weighted by atomic mass is 32.2. The van der Waals surface area contributed by atoms with Crippen molar-refractivity contribution in [2.75, 3.05) is 0 Å². The first-order chi connectivity index (χ1) is 12.3. The monoisotopic (exact) mass is 371 g/mol. The van der Waals surface area contributed by atoms with Gasteiger partial charge in [-0.2, -0.15) is 0 Å². The summed E-state index contributed by atoms with van der Waals surface area (Å²) < 4.78 is 28.0. The van der Waals surface area contributed by atoms with Gasteiger partial charge in [-0.1, -0.05) is 0 Å². The Bertz CT molecular complexity index is 1070. The van der Waals surface area contributed by atoms with E-state index in [2.05, 4.69) is 4.99 Å². The fourth-order valence-electron chi connectivity index (χ4n) is 2.18. The Kier molecular flexibility index (Phi) is 4.65. The Morgan fingerprint density at radius 1 is 1.00 bits per heavy atom. The Labute approximate surface area is 148 Å². The van der Waals surface area contributed by atoms with Crippen LogP contribution in [0, 0.1) is 10.1 Å². The van der Waals surface area contributed by atoms with Crippen LogP contribution in [0.15, 0.2) is 75.0 Å². The average molecular weight is 371 g/mol. The number of hydrogen-bond acceptors (Lipinski definition) is 6. The van der Waals surface area contributed by atoms with Crippen LogP contribution in [0.3, 0.4) is 0 Å². The third-order valence-corrected chi connectivity index (χ3v) is 4.42. The molecule has 1 aromatic heterocycles. The summed E-state index contributed by atoms with van der Waals surface area (Å²) >= 11 is 0. The number of primary sulfonamides is 1. The molecule has 0 aliphatic rings. The zero-order valence-electron chi connectivity index (χ0n) is 13.3. The largest absolute Gasteiger partial charge is 0.455 e. The van der Waals surface area contributed by atoms with Gasteiger partial charge >= 0.3 is 0 Å². The molecule has 0 bridgehead atoms. The van der Waals surface area contributed by atoms with Crippen molar-refractivity contribution in [3.05, 3.63) is 76.5 Å². The van der Waals surface area contributed by atoms with Crippen molar-refractivity contribution in [3.8, 4) is 11.3 Å². The highest BCUT2D eigenvalue weighted by Crippen LogP contribution is 2.24. The number of non-ortho nitro benzene ring substituents is 1.